The largest absolute Gasteiger partial charge is 0.310 e. The Morgan fingerprint density at radius 3 is 3.10 bits per heavy atom. The van der Waals surface area contributed by atoms with Crippen LogP contribution in [0.15, 0.2) is 20.7 Å². The van der Waals surface area contributed by atoms with E-state index in [2.05, 4.69) is 49.2 Å². The predicted octanol–water partition coefficient (Wildman–Crippen LogP) is 3.10. The molecule has 0 spiro atoms. The van der Waals surface area contributed by atoms with Crippen molar-refractivity contribution in [2.75, 3.05) is 6.54 Å². The maximum atomic E-state index is 12.2. The van der Waals surface area contributed by atoms with Crippen molar-refractivity contribution in [3.05, 3.63) is 48.2 Å². The second kappa shape index (κ2) is 6.42. The van der Waals surface area contributed by atoms with E-state index in [1.54, 1.807) is 11.3 Å². The van der Waals surface area contributed by atoms with Gasteiger partial charge in [-0.1, -0.05) is 6.92 Å². The Labute approximate surface area is 136 Å². The maximum Gasteiger partial charge on any atom is 0.255 e. The van der Waals surface area contributed by atoms with Crippen molar-refractivity contribution in [2.24, 2.45) is 0 Å². The van der Waals surface area contributed by atoms with Gasteiger partial charge in [-0.05, 0) is 28.4 Å². The minimum absolute atomic E-state index is 0.0421. The molecule has 112 valence electrons. The predicted molar refractivity (Wildman–Crippen MR) is 88.7 cm³/mol. The molecule has 1 aliphatic heterocycles. The standard InChI is InChI=1S/C15H18BrN3OS/c1-2-3-14-17-13-4-5-19(8-12(13)15(20)18-14)7-11-6-10(16)9-21-11/h6,9H,2-5,7-8H2,1H3,(H,17,18,20). The fraction of sp³-hybridized carbons (Fsp3) is 0.467. The van der Waals surface area contributed by atoms with Gasteiger partial charge in [-0.25, -0.2) is 4.98 Å². The van der Waals surface area contributed by atoms with Gasteiger partial charge in [0.25, 0.3) is 5.56 Å². The number of nitrogens with zero attached hydrogens (tertiary/aromatic N) is 2. The van der Waals surface area contributed by atoms with Crippen molar-refractivity contribution < 1.29 is 0 Å². The van der Waals surface area contributed by atoms with E-state index in [1.807, 2.05) is 0 Å². The van der Waals surface area contributed by atoms with Gasteiger partial charge in [0.1, 0.15) is 5.82 Å². The Morgan fingerprint density at radius 2 is 2.38 bits per heavy atom. The second-order valence-electron chi connectivity index (χ2n) is 5.38. The van der Waals surface area contributed by atoms with Gasteiger partial charge in [-0.15, -0.1) is 11.3 Å². The molecular formula is C15H18BrN3OS. The average molecular weight is 368 g/mol. The van der Waals surface area contributed by atoms with Crippen molar-refractivity contribution in [2.45, 2.75) is 39.3 Å². The molecule has 2 aromatic rings. The highest BCUT2D eigenvalue weighted by Crippen LogP contribution is 2.23. The fourth-order valence-corrected chi connectivity index (χ4v) is 4.17. The molecule has 0 radical (unpaired) electrons. The number of hydrogen-bond donors (Lipinski definition) is 1. The number of fused-ring (bicyclic) bond motifs is 1. The first-order valence-electron chi connectivity index (χ1n) is 7.22. The van der Waals surface area contributed by atoms with Crippen LogP contribution in [0.4, 0.5) is 0 Å². The third-order valence-electron chi connectivity index (χ3n) is 3.68. The van der Waals surface area contributed by atoms with E-state index in [-0.39, 0.29) is 5.56 Å². The van der Waals surface area contributed by atoms with Crippen molar-refractivity contribution in [3.63, 3.8) is 0 Å². The number of nitrogens with one attached hydrogen (secondary N) is 1. The molecule has 0 aliphatic carbocycles. The van der Waals surface area contributed by atoms with E-state index < -0.39 is 0 Å². The van der Waals surface area contributed by atoms with Gasteiger partial charge in [0.2, 0.25) is 0 Å². The van der Waals surface area contributed by atoms with Crippen molar-refractivity contribution in [1.82, 2.24) is 14.9 Å². The molecule has 21 heavy (non-hydrogen) atoms. The van der Waals surface area contributed by atoms with Gasteiger partial charge < -0.3 is 4.98 Å². The monoisotopic (exact) mass is 367 g/mol. The third kappa shape index (κ3) is 3.44. The Bertz CT molecular complexity index is 694. The average Bonchev–Trinajstić information content (AvgIpc) is 2.85. The van der Waals surface area contributed by atoms with Crippen LogP contribution in [-0.2, 0) is 25.9 Å². The first-order valence-corrected chi connectivity index (χ1v) is 8.89. The van der Waals surface area contributed by atoms with Gasteiger partial charge in [0.15, 0.2) is 0 Å². The van der Waals surface area contributed by atoms with Gasteiger partial charge in [0.05, 0.1) is 11.3 Å². The normalized spacial score (nSPS) is 15.1. The molecule has 0 unspecified atom stereocenters. The number of rotatable bonds is 4. The quantitative estimate of drug-likeness (QED) is 0.902. The molecule has 0 bridgehead atoms. The van der Waals surface area contributed by atoms with Crippen LogP contribution < -0.4 is 5.56 Å². The van der Waals surface area contributed by atoms with Gasteiger partial charge in [-0.3, -0.25) is 9.69 Å². The lowest BCUT2D eigenvalue weighted by atomic mass is 10.1. The summed E-state index contributed by atoms with van der Waals surface area (Å²) < 4.78 is 1.13. The number of aryl methyl sites for hydroxylation is 1. The maximum absolute atomic E-state index is 12.2. The lowest BCUT2D eigenvalue weighted by Crippen LogP contribution is -2.35. The summed E-state index contributed by atoms with van der Waals surface area (Å²) in [5.41, 5.74) is 1.88. The molecule has 0 saturated carbocycles. The lowest BCUT2D eigenvalue weighted by Gasteiger charge is -2.27. The second-order valence-corrected chi connectivity index (χ2v) is 7.29. The topological polar surface area (TPSA) is 49.0 Å². The van der Waals surface area contributed by atoms with Crippen LogP contribution in [0.3, 0.4) is 0 Å². The number of hydrogen-bond acceptors (Lipinski definition) is 4. The zero-order valence-electron chi connectivity index (χ0n) is 12.0. The summed E-state index contributed by atoms with van der Waals surface area (Å²) in [5, 5.41) is 2.10. The van der Waals surface area contributed by atoms with Crippen LogP contribution >= 0.6 is 27.3 Å². The van der Waals surface area contributed by atoms with E-state index in [1.165, 1.54) is 4.88 Å². The van der Waals surface area contributed by atoms with Gasteiger partial charge >= 0.3 is 0 Å². The van der Waals surface area contributed by atoms with Crippen molar-refractivity contribution >= 4 is 27.3 Å². The van der Waals surface area contributed by atoms with E-state index in [9.17, 15) is 4.79 Å². The van der Waals surface area contributed by atoms with E-state index in [4.69, 9.17) is 0 Å². The molecule has 1 aliphatic rings. The summed E-state index contributed by atoms with van der Waals surface area (Å²) in [6, 6.07) is 2.15. The highest BCUT2D eigenvalue weighted by Gasteiger charge is 2.21. The van der Waals surface area contributed by atoms with Gasteiger partial charge in [0, 0.05) is 47.2 Å². The SMILES string of the molecule is CCCc1nc2c(c(=O)[nH]1)CN(Cc1cc(Br)cs1)CC2. The summed E-state index contributed by atoms with van der Waals surface area (Å²) >= 11 is 5.23. The van der Waals surface area contributed by atoms with Crippen molar-refractivity contribution in [1.29, 1.82) is 0 Å². The van der Waals surface area contributed by atoms with Crippen LogP contribution in [0.2, 0.25) is 0 Å². The summed E-state index contributed by atoms with van der Waals surface area (Å²) in [5.74, 6) is 0.830. The third-order valence-corrected chi connectivity index (χ3v) is 5.37. The molecule has 6 heteroatoms. The Balaban J connectivity index is 1.77. The Kier molecular flexibility index (Phi) is 4.57. The zero-order valence-corrected chi connectivity index (χ0v) is 14.4. The molecule has 0 fully saturated rings. The molecule has 0 saturated heterocycles. The Hall–Kier alpha value is -0.980. The summed E-state index contributed by atoms with van der Waals surface area (Å²) in [6.07, 6.45) is 2.71. The summed E-state index contributed by atoms with van der Waals surface area (Å²) in [6.45, 7) is 4.65. The Morgan fingerprint density at radius 1 is 1.52 bits per heavy atom. The highest BCUT2D eigenvalue weighted by molar-refractivity contribution is 9.10. The molecule has 2 aromatic heterocycles. The molecule has 1 N–H and O–H groups in total. The zero-order chi connectivity index (χ0) is 14.8. The fourth-order valence-electron chi connectivity index (χ4n) is 2.68. The molecule has 0 aromatic carbocycles. The summed E-state index contributed by atoms with van der Waals surface area (Å²) in [7, 11) is 0. The minimum Gasteiger partial charge on any atom is -0.310 e. The van der Waals surface area contributed by atoms with Crippen LogP contribution in [0.25, 0.3) is 0 Å². The minimum atomic E-state index is 0.0421. The first kappa shape index (κ1) is 14.9. The van der Waals surface area contributed by atoms with Crippen LogP contribution in [0.5, 0.6) is 0 Å². The molecule has 4 nitrogen and oxygen atoms in total. The molecule has 3 heterocycles. The number of aromatic amines is 1. The van der Waals surface area contributed by atoms with Crippen LogP contribution in [0.1, 0.15) is 35.3 Å². The van der Waals surface area contributed by atoms with E-state index in [0.717, 1.165) is 53.9 Å². The number of thiophene rings is 1. The van der Waals surface area contributed by atoms with Crippen LogP contribution in [-0.4, -0.2) is 21.4 Å². The van der Waals surface area contributed by atoms with Crippen LogP contribution in [0, 0.1) is 0 Å². The van der Waals surface area contributed by atoms with Gasteiger partial charge in [-0.2, -0.15) is 0 Å². The van der Waals surface area contributed by atoms with Crippen molar-refractivity contribution in [3.8, 4) is 0 Å². The highest BCUT2D eigenvalue weighted by atomic mass is 79.9. The first-order chi connectivity index (χ1) is 10.2. The number of H-pyrrole nitrogens is 1. The number of halogens is 1. The number of aromatic nitrogens is 2. The lowest BCUT2D eigenvalue weighted by molar-refractivity contribution is 0.243. The molecule has 0 amide bonds. The molecular weight excluding hydrogens is 350 g/mol. The smallest absolute Gasteiger partial charge is 0.255 e. The van der Waals surface area contributed by atoms with E-state index >= 15 is 0 Å². The van der Waals surface area contributed by atoms with E-state index in [0.29, 0.717) is 6.54 Å². The summed E-state index contributed by atoms with van der Waals surface area (Å²) in [4.78, 5) is 23.4. The molecule has 3 rings (SSSR count). The molecule has 0 atom stereocenters.